The Kier molecular flexibility index (Phi) is 3.90. The summed E-state index contributed by atoms with van der Waals surface area (Å²) in [6.07, 6.45) is 1.98. The van der Waals surface area contributed by atoms with Crippen LogP contribution in [0.5, 0.6) is 0 Å². The fourth-order valence-electron chi connectivity index (χ4n) is 5.50. The summed E-state index contributed by atoms with van der Waals surface area (Å²) in [5.41, 5.74) is 11.7. The Morgan fingerprint density at radius 1 is 0.812 bits per heavy atom. The van der Waals surface area contributed by atoms with Crippen LogP contribution >= 0.6 is 0 Å². The lowest BCUT2D eigenvalue weighted by molar-refractivity contribution is -0.646. The van der Waals surface area contributed by atoms with E-state index in [-0.39, 0.29) is 0 Å². The molecule has 3 heterocycles. The molecule has 0 N–H and O–H groups in total. The van der Waals surface area contributed by atoms with Crippen molar-refractivity contribution in [3.63, 3.8) is 0 Å². The topological polar surface area (TPSA) is 21.2 Å². The molecule has 3 aromatic carbocycles. The van der Waals surface area contributed by atoms with Gasteiger partial charge in [0.1, 0.15) is 5.52 Å². The number of fused-ring (bicyclic) bond motifs is 5. The molecule has 0 unspecified atom stereocenters. The molecule has 0 atom stereocenters. The first-order valence-electron chi connectivity index (χ1n) is 11.7. The second-order valence-corrected chi connectivity index (χ2v) is 10.1. The highest BCUT2D eigenvalue weighted by Gasteiger charge is 2.25. The molecule has 160 valence electrons. The van der Waals surface area contributed by atoms with Gasteiger partial charge in [0, 0.05) is 10.8 Å². The molecule has 3 nitrogen and oxygen atoms in total. The van der Waals surface area contributed by atoms with Gasteiger partial charge in [-0.25, -0.2) is 4.57 Å². The number of pyridine rings is 1. The number of nitrogens with zero attached hydrogens (tertiary/aromatic N) is 3. The molecule has 6 rings (SSSR count). The van der Waals surface area contributed by atoms with Crippen molar-refractivity contribution in [2.75, 3.05) is 0 Å². The zero-order valence-electron chi connectivity index (χ0n) is 20.0. The van der Waals surface area contributed by atoms with E-state index in [2.05, 4.69) is 94.0 Å². The summed E-state index contributed by atoms with van der Waals surface area (Å²) in [5.74, 6) is 0.949. The number of hydrogen-bond acceptors (Lipinski definition) is 1. The zero-order chi connectivity index (χ0) is 22.5. The molecular weight excluding hydrogens is 390 g/mol. The van der Waals surface area contributed by atoms with E-state index in [0.29, 0.717) is 11.8 Å². The van der Waals surface area contributed by atoms with Gasteiger partial charge in [-0.15, -0.1) is 0 Å². The van der Waals surface area contributed by atoms with Gasteiger partial charge < -0.3 is 4.40 Å². The van der Waals surface area contributed by atoms with Crippen LogP contribution in [-0.4, -0.2) is 9.38 Å². The molecule has 0 bridgehead atoms. The molecule has 0 amide bonds. The van der Waals surface area contributed by atoms with Crippen LogP contribution in [0.15, 0.2) is 42.7 Å². The molecule has 0 aliphatic heterocycles. The summed E-state index contributed by atoms with van der Waals surface area (Å²) < 4.78 is 4.72. The average Bonchev–Trinajstić information content (AvgIpc) is 3.08. The summed E-state index contributed by atoms with van der Waals surface area (Å²) in [5, 5.41) is 5.31. The summed E-state index contributed by atoms with van der Waals surface area (Å²) in [4.78, 5) is 4.87. The van der Waals surface area contributed by atoms with Crippen LogP contribution in [0, 0.1) is 13.8 Å². The van der Waals surface area contributed by atoms with E-state index in [1.54, 1.807) is 0 Å². The van der Waals surface area contributed by atoms with Gasteiger partial charge in [-0.2, -0.15) is 0 Å². The quantitative estimate of drug-likeness (QED) is 0.167. The van der Waals surface area contributed by atoms with E-state index < -0.39 is 0 Å². The predicted octanol–water partition coefficient (Wildman–Crippen LogP) is 7.07. The van der Waals surface area contributed by atoms with Crippen LogP contribution in [0.2, 0.25) is 0 Å². The first-order chi connectivity index (χ1) is 15.3. The zero-order valence-corrected chi connectivity index (χ0v) is 20.0. The highest BCUT2D eigenvalue weighted by molar-refractivity contribution is 6.25. The van der Waals surface area contributed by atoms with E-state index >= 15 is 0 Å². The minimum Gasteiger partial charge on any atom is -0.308 e. The van der Waals surface area contributed by atoms with Gasteiger partial charge in [-0.3, -0.25) is 0 Å². The largest absolute Gasteiger partial charge is 0.308 e. The average molecular weight is 421 g/mol. The van der Waals surface area contributed by atoms with Gasteiger partial charge in [-0.1, -0.05) is 33.8 Å². The lowest BCUT2D eigenvalue weighted by Crippen LogP contribution is -2.30. The molecule has 3 aromatic heterocycles. The predicted molar refractivity (Wildman–Crippen MR) is 135 cm³/mol. The van der Waals surface area contributed by atoms with Crippen LogP contribution in [0.1, 0.15) is 61.8 Å². The summed E-state index contributed by atoms with van der Waals surface area (Å²) in [7, 11) is 2.13. The van der Waals surface area contributed by atoms with Crippen molar-refractivity contribution in [2.45, 2.75) is 53.4 Å². The number of aryl methyl sites for hydroxylation is 3. The van der Waals surface area contributed by atoms with Crippen molar-refractivity contribution in [2.24, 2.45) is 7.05 Å². The lowest BCUT2D eigenvalue weighted by atomic mass is 9.95. The Morgan fingerprint density at radius 2 is 1.56 bits per heavy atom. The Hall–Kier alpha value is -3.20. The number of hydrogen-bond donors (Lipinski definition) is 0. The van der Waals surface area contributed by atoms with Gasteiger partial charge in [0.15, 0.2) is 5.52 Å². The third-order valence-corrected chi connectivity index (χ3v) is 7.48. The molecule has 0 saturated carbocycles. The molecule has 0 radical (unpaired) electrons. The maximum atomic E-state index is 4.87. The van der Waals surface area contributed by atoms with Crippen molar-refractivity contribution in [1.29, 1.82) is 0 Å². The van der Waals surface area contributed by atoms with Crippen LogP contribution < -0.4 is 4.57 Å². The van der Waals surface area contributed by atoms with E-state index in [0.717, 1.165) is 5.52 Å². The Labute approximate surface area is 188 Å². The molecule has 6 aromatic rings. The maximum absolute atomic E-state index is 4.87. The fraction of sp³-hybridized carbons (Fsp3) is 0.310. The summed E-state index contributed by atoms with van der Waals surface area (Å²) in [6.45, 7) is 13.6. The Balaban J connectivity index is 2.03. The lowest BCUT2D eigenvalue weighted by Gasteiger charge is -2.16. The normalized spacial score (nSPS) is 12.8. The first-order valence-corrected chi connectivity index (χ1v) is 11.7. The Bertz CT molecular complexity index is 1700. The van der Waals surface area contributed by atoms with Crippen LogP contribution in [0.3, 0.4) is 0 Å². The van der Waals surface area contributed by atoms with Gasteiger partial charge >= 0.3 is 0 Å². The van der Waals surface area contributed by atoms with Crippen molar-refractivity contribution in [1.82, 2.24) is 9.38 Å². The van der Waals surface area contributed by atoms with Gasteiger partial charge in [0.05, 0.1) is 34.4 Å². The minimum atomic E-state index is 0.445. The smallest absolute Gasteiger partial charge is 0.287 e. The third kappa shape index (κ3) is 2.37. The van der Waals surface area contributed by atoms with Gasteiger partial charge in [0.2, 0.25) is 0 Å². The van der Waals surface area contributed by atoms with Gasteiger partial charge in [-0.05, 0) is 83.3 Å². The minimum absolute atomic E-state index is 0.445. The number of rotatable bonds is 2. The van der Waals surface area contributed by atoms with Crippen LogP contribution in [0.25, 0.3) is 49.1 Å². The fourth-order valence-corrected chi connectivity index (χ4v) is 5.50. The molecule has 0 aliphatic carbocycles. The highest BCUT2D eigenvalue weighted by atomic mass is 15.0. The van der Waals surface area contributed by atoms with E-state index in [1.807, 2.05) is 6.33 Å². The van der Waals surface area contributed by atoms with Crippen LogP contribution in [-0.2, 0) is 7.05 Å². The number of benzene rings is 3. The highest BCUT2D eigenvalue weighted by Crippen LogP contribution is 2.42. The third-order valence-electron chi connectivity index (χ3n) is 7.48. The maximum Gasteiger partial charge on any atom is 0.287 e. The molecule has 0 saturated heterocycles. The molecule has 32 heavy (non-hydrogen) atoms. The second-order valence-electron chi connectivity index (χ2n) is 10.1. The molecular formula is C29H30N3+. The molecule has 0 fully saturated rings. The van der Waals surface area contributed by atoms with Crippen molar-refractivity contribution < 1.29 is 4.57 Å². The second kappa shape index (κ2) is 6.41. The molecule has 0 aliphatic rings. The van der Waals surface area contributed by atoms with E-state index in [9.17, 15) is 0 Å². The van der Waals surface area contributed by atoms with Crippen molar-refractivity contribution >= 4 is 49.1 Å². The molecule has 0 spiro atoms. The van der Waals surface area contributed by atoms with E-state index in [4.69, 9.17) is 4.98 Å². The first kappa shape index (κ1) is 19.5. The summed E-state index contributed by atoms with van der Waals surface area (Å²) in [6, 6.07) is 14.1. The SMILES string of the molecule is Cc1cc2c3cc(C(C)C)ccc3n3c4cc(C(C)C)cc5nc[n+](C)c(c(c1C)c23)c54. The van der Waals surface area contributed by atoms with Crippen molar-refractivity contribution in [3.05, 3.63) is 65.0 Å². The van der Waals surface area contributed by atoms with Gasteiger partial charge in [0.25, 0.3) is 6.33 Å². The standard InChI is InChI=1S/C29H30N3/c1-15(2)19-8-9-24-21(11-19)22-10-17(5)18(6)26-28(22)32(24)25-13-20(16(3)4)12-23-27(25)29(26)31(7)14-30-23/h8-16H,1-7H3/q+1. The van der Waals surface area contributed by atoms with Crippen LogP contribution in [0.4, 0.5) is 0 Å². The summed E-state index contributed by atoms with van der Waals surface area (Å²) >= 11 is 0. The monoisotopic (exact) mass is 420 g/mol. The Morgan fingerprint density at radius 3 is 2.28 bits per heavy atom. The molecule has 3 heteroatoms. The number of aromatic nitrogens is 3. The van der Waals surface area contributed by atoms with Crippen molar-refractivity contribution in [3.8, 4) is 0 Å². The van der Waals surface area contributed by atoms with E-state index in [1.165, 1.54) is 65.9 Å².